The second-order valence-corrected chi connectivity index (χ2v) is 6.18. The molecule has 0 radical (unpaired) electrons. The fourth-order valence-electron chi connectivity index (χ4n) is 2.30. The largest absolute Gasteiger partial charge is 0.253 e. The third kappa shape index (κ3) is 1.73. The summed E-state index contributed by atoms with van der Waals surface area (Å²) in [5.41, 5.74) is 2.30. The van der Waals surface area contributed by atoms with E-state index in [1.807, 2.05) is 18.2 Å². The fraction of sp³-hybridized carbons (Fsp3) is 0.125. The predicted molar refractivity (Wildman–Crippen MR) is 78.1 cm³/mol. The van der Waals surface area contributed by atoms with Crippen LogP contribution in [0.15, 0.2) is 54.0 Å². The van der Waals surface area contributed by atoms with E-state index >= 15 is 0 Å². The number of aryl methyl sites for hydroxylation is 1. The van der Waals surface area contributed by atoms with Crippen LogP contribution in [0, 0.1) is 6.92 Å². The van der Waals surface area contributed by atoms with E-state index < -0.39 is 10.8 Å². The van der Waals surface area contributed by atoms with Crippen LogP contribution in [-0.4, -0.2) is 9.46 Å². The molecular formula is C16H14OS. The van der Waals surface area contributed by atoms with Crippen molar-refractivity contribution in [2.75, 3.05) is 0 Å². The summed E-state index contributed by atoms with van der Waals surface area (Å²) in [5, 5.41) is 2.28. The van der Waals surface area contributed by atoms with Gasteiger partial charge < -0.3 is 0 Å². The average molecular weight is 254 g/mol. The van der Waals surface area contributed by atoms with Crippen molar-refractivity contribution in [2.24, 2.45) is 0 Å². The van der Waals surface area contributed by atoms with Crippen LogP contribution >= 0.6 is 0 Å². The number of rotatable bonds is 1. The van der Waals surface area contributed by atoms with Crippen LogP contribution in [0.1, 0.15) is 11.1 Å². The Bertz CT molecular complexity index is 698. The minimum Gasteiger partial charge on any atom is -0.253 e. The minimum atomic E-state index is -1.02. The normalized spacial score (nSPS) is 21.8. The molecule has 2 heteroatoms. The lowest BCUT2D eigenvalue weighted by atomic mass is 10.0. The number of fused-ring (bicyclic) bond motifs is 2. The first-order valence-electron chi connectivity index (χ1n) is 5.95. The molecule has 2 aromatic carbocycles. The summed E-state index contributed by atoms with van der Waals surface area (Å²) in [6.07, 6.45) is 5.76. The van der Waals surface area contributed by atoms with Crippen molar-refractivity contribution < 1.29 is 4.21 Å². The maximum Gasteiger partial charge on any atom is 0.0756 e. The van der Waals surface area contributed by atoms with Gasteiger partial charge in [0.2, 0.25) is 0 Å². The van der Waals surface area contributed by atoms with Crippen LogP contribution in [0.4, 0.5) is 0 Å². The molecule has 0 aromatic heterocycles. The number of hydrogen-bond acceptors (Lipinski definition) is 1. The third-order valence-electron chi connectivity index (χ3n) is 3.29. The highest BCUT2D eigenvalue weighted by molar-refractivity contribution is 7.86. The molecule has 1 aliphatic heterocycles. The molecule has 1 nitrogen and oxygen atoms in total. The predicted octanol–water partition coefficient (Wildman–Crippen LogP) is 3.84. The molecule has 0 bridgehead atoms. The summed E-state index contributed by atoms with van der Waals surface area (Å²) in [5.74, 6) is 0. The van der Waals surface area contributed by atoms with E-state index in [9.17, 15) is 4.21 Å². The molecule has 90 valence electrons. The highest BCUT2D eigenvalue weighted by Gasteiger charge is 2.19. The summed E-state index contributed by atoms with van der Waals surface area (Å²) < 4.78 is 12.3. The van der Waals surface area contributed by atoms with Crippen LogP contribution in [0.25, 0.3) is 16.8 Å². The van der Waals surface area contributed by atoms with Crippen molar-refractivity contribution in [1.29, 1.82) is 0 Å². The zero-order valence-electron chi connectivity index (χ0n) is 10.2. The first-order chi connectivity index (χ1) is 8.69. The summed E-state index contributed by atoms with van der Waals surface area (Å²) in [7, 11) is -1.02. The first kappa shape index (κ1) is 11.4. The van der Waals surface area contributed by atoms with E-state index in [0.29, 0.717) is 0 Å². The Morgan fingerprint density at radius 3 is 2.83 bits per heavy atom. The molecule has 2 aromatic rings. The monoisotopic (exact) mass is 254 g/mol. The smallest absolute Gasteiger partial charge is 0.0756 e. The van der Waals surface area contributed by atoms with Gasteiger partial charge in [-0.2, -0.15) is 0 Å². The highest BCUT2D eigenvalue weighted by atomic mass is 32.2. The fourth-order valence-corrected chi connectivity index (χ4v) is 3.59. The van der Waals surface area contributed by atoms with Gasteiger partial charge in [0.15, 0.2) is 0 Å². The highest BCUT2D eigenvalue weighted by Crippen LogP contribution is 2.29. The van der Waals surface area contributed by atoms with E-state index in [2.05, 4.69) is 37.8 Å². The second-order valence-electron chi connectivity index (χ2n) is 4.60. The lowest BCUT2D eigenvalue weighted by Crippen LogP contribution is -2.13. The van der Waals surface area contributed by atoms with Crippen molar-refractivity contribution in [1.82, 2.24) is 0 Å². The average Bonchev–Trinajstić information content (AvgIpc) is 2.37. The molecule has 2 atom stereocenters. The molecule has 18 heavy (non-hydrogen) atoms. The van der Waals surface area contributed by atoms with Gasteiger partial charge in [0.1, 0.15) is 0 Å². The van der Waals surface area contributed by atoms with Crippen LogP contribution in [-0.2, 0) is 10.8 Å². The van der Waals surface area contributed by atoms with Gasteiger partial charge in [0, 0.05) is 4.90 Å². The number of benzene rings is 2. The quantitative estimate of drug-likeness (QED) is 0.707. The molecule has 0 amide bonds. The summed E-state index contributed by atoms with van der Waals surface area (Å²) >= 11 is 0. The second kappa shape index (κ2) is 4.21. The van der Waals surface area contributed by atoms with Crippen molar-refractivity contribution in [3.63, 3.8) is 0 Å². The maximum absolute atomic E-state index is 12.3. The Morgan fingerprint density at radius 1 is 1.22 bits per heavy atom. The van der Waals surface area contributed by atoms with Gasteiger partial charge in [-0.15, -0.1) is 6.58 Å². The van der Waals surface area contributed by atoms with E-state index in [4.69, 9.17) is 0 Å². The van der Waals surface area contributed by atoms with Gasteiger partial charge in [0.05, 0.1) is 16.0 Å². The SMILES string of the molecule is C=CC1C=Cc2cc3cc(C)ccc3cc2S1=O. The van der Waals surface area contributed by atoms with Crippen LogP contribution in [0.3, 0.4) is 0 Å². The molecule has 0 fully saturated rings. The standard InChI is InChI=1S/C16H14OS/c1-3-15-7-6-13-9-14-8-11(2)4-5-12(14)10-16(13)18(15)17/h3-10,15H,1H2,2H3. The van der Waals surface area contributed by atoms with Crippen molar-refractivity contribution in [3.05, 3.63) is 60.2 Å². The van der Waals surface area contributed by atoms with Gasteiger partial charge in [-0.3, -0.25) is 4.21 Å². The summed E-state index contributed by atoms with van der Waals surface area (Å²) in [4.78, 5) is 0.916. The van der Waals surface area contributed by atoms with E-state index in [-0.39, 0.29) is 5.25 Å². The van der Waals surface area contributed by atoms with E-state index in [0.717, 1.165) is 15.8 Å². The van der Waals surface area contributed by atoms with Crippen molar-refractivity contribution in [3.8, 4) is 0 Å². The lowest BCUT2D eigenvalue weighted by molar-refractivity contribution is 0.681. The molecule has 0 N–H and O–H groups in total. The lowest BCUT2D eigenvalue weighted by Gasteiger charge is -2.17. The topological polar surface area (TPSA) is 17.1 Å². The molecule has 3 rings (SSSR count). The van der Waals surface area contributed by atoms with Crippen molar-refractivity contribution >= 4 is 27.6 Å². The third-order valence-corrected chi connectivity index (χ3v) is 4.92. The maximum atomic E-state index is 12.3. The van der Waals surface area contributed by atoms with Crippen molar-refractivity contribution in [2.45, 2.75) is 17.1 Å². The minimum absolute atomic E-state index is 0.0691. The van der Waals surface area contributed by atoms with Crippen LogP contribution in [0.2, 0.25) is 0 Å². The molecule has 0 saturated carbocycles. The van der Waals surface area contributed by atoms with Gasteiger partial charge in [-0.1, -0.05) is 42.0 Å². The molecule has 2 unspecified atom stereocenters. The Morgan fingerprint density at radius 2 is 2.06 bits per heavy atom. The zero-order valence-corrected chi connectivity index (χ0v) is 11.0. The van der Waals surface area contributed by atoms with Crippen LogP contribution in [0.5, 0.6) is 0 Å². The van der Waals surface area contributed by atoms with Gasteiger partial charge in [0.25, 0.3) is 0 Å². The molecular weight excluding hydrogens is 240 g/mol. The molecule has 1 heterocycles. The van der Waals surface area contributed by atoms with Gasteiger partial charge in [-0.05, 0) is 35.4 Å². The molecule has 0 aliphatic carbocycles. The molecule has 0 saturated heterocycles. The Kier molecular flexibility index (Phi) is 2.67. The zero-order chi connectivity index (χ0) is 12.7. The molecule has 1 aliphatic rings. The molecule has 0 spiro atoms. The summed E-state index contributed by atoms with van der Waals surface area (Å²) in [6, 6.07) is 10.5. The van der Waals surface area contributed by atoms with Crippen LogP contribution < -0.4 is 0 Å². The first-order valence-corrected chi connectivity index (χ1v) is 7.16. The Balaban J connectivity index is 2.27. The Labute approximate surface area is 109 Å². The van der Waals surface area contributed by atoms with Gasteiger partial charge in [-0.25, -0.2) is 0 Å². The van der Waals surface area contributed by atoms with E-state index in [1.54, 1.807) is 6.08 Å². The summed E-state index contributed by atoms with van der Waals surface area (Å²) in [6.45, 7) is 5.82. The Hall–Kier alpha value is -1.67. The van der Waals surface area contributed by atoms with Gasteiger partial charge >= 0.3 is 0 Å². The van der Waals surface area contributed by atoms with E-state index in [1.165, 1.54) is 10.9 Å². The number of hydrogen-bond donors (Lipinski definition) is 0.